The number of hydrogen-bond acceptors (Lipinski definition) is 3. The number of anilines is 1. The fraction of sp³-hybridized carbons (Fsp3) is 0.500. The Kier molecular flexibility index (Phi) is 7.22. The molecule has 1 aromatic carbocycles. The van der Waals surface area contributed by atoms with Gasteiger partial charge in [0.05, 0.1) is 13.0 Å². The summed E-state index contributed by atoms with van der Waals surface area (Å²) in [5.74, 6) is 0.431. The maximum atomic E-state index is 11.8. The Morgan fingerprint density at radius 3 is 2.45 bits per heavy atom. The molecule has 0 aromatic heterocycles. The molecule has 6 nitrogen and oxygen atoms in total. The lowest BCUT2D eigenvalue weighted by Gasteiger charge is -2.17. The Hall–Kier alpha value is -2.24. The fourth-order valence-corrected chi connectivity index (χ4v) is 1.63. The summed E-state index contributed by atoms with van der Waals surface area (Å²) >= 11 is 0. The third-order valence-corrected chi connectivity index (χ3v) is 3.08. The third kappa shape index (κ3) is 6.97. The largest absolute Gasteiger partial charge is 0.494 e. The van der Waals surface area contributed by atoms with Crippen molar-refractivity contribution < 1.29 is 19.4 Å². The van der Waals surface area contributed by atoms with E-state index in [4.69, 9.17) is 9.84 Å². The van der Waals surface area contributed by atoms with Gasteiger partial charge >= 0.3 is 12.0 Å². The first-order valence-corrected chi connectivity index (χ1v) is 7.35. The highest BCUT2D eigenvalue weighted by Crippen LogP contribution is 2.16. The molecule has 1 rings (SSSR count). The number of carboxylic acids is 1. The number of aliphatic carboxylic acids is 1. The highest BCUT2D eigenvalue weighted by molar-refractivity contribution is 5.89. The highest BCUT2D eigenvalue weighted by Gasteiger charge is 2.10. The van der Waals surface area contributed by atoms with Crippen LogP contribution in [0.3, 0.4) is 0 Å². The van der Waals surface area contributed by atoms with Crippen LogP contribution in [-0.2, 0) is 4.79 Å². The van der Waals surface area contributed by atoms with Gasteiger partial charge in [0, 0.05) is 19.3 Å². The molecule has 0 radical (unpaired) electrons. The van der Waals surface area contributed by atoms with Crippen molar-refractivity contribution >= 4 is 17.7 Å². The Bertz CT molecular complexity index is 485. The van der Waals surface area contributed by atoms with Gasteiger partial charge in [0.1, 0.15) is 5.75 Å². The minimum Gasteiger partial charge on any atom is -0.494 e. The monoisotopic (exact) mass is 308 g/mol. The molecule has 122 valence electrons. The molecule has 0 atom stereocenters. The van der Waals surface area contributed by atoms with Crippen molar-refractivity contribution in [3.05, 3.63) is 24.3 Å². The zero-order valence-electron chi connectivity index (χ0n) is 13.3. The maximum Gasteiger partial charge on any atom is 0.321 e. The van der Waals surface area contributed by atoms with Gasteiger partial charge in [-0.2, -0.15) is 0 Å². The van der Waals surface area contributed by atoms with Gasteiger partial charge in [0.25, 0.3) is 0 Å². The van der Waals surface area contributed by atoms with E-state index in [-0.39, 0.29) is 19.0 Å². The number of urea groups is 1. The third-order valence-electron chi connectivity index (χ3n) is 3.08. The lowest BCUT2D eigenvalue weighted by molar-refractivity contribution is -0.137. The van der Waals surface area contributed by atoms with Crippen LogP contribution in [0.25, 0.3) is 0 Å². The van der Waals surface area contributed by atoms with Crippen LogP contribution in [0.4, 0.5) is 10.5 Å². The fourth-order valence-electron chi connectivity index (χ4n) is 1.63. The molecule has 0 saturated heterocycles. The number of rotatable bonds is 8. The van der Waals surface area contributed by atoms with Crippen LogP contribution in [0, 0.1) is 5.92 Å². The second-order valence-corrected chi connectivity index (χ2v) is 5.55. The van der Waals surface area contributed by atoms with E-state index in [2.05, 4.69) is 19.2 Å². The first kappa shape index (κ1) is 17.8. The smallest absolute Gasteiger partial charge is 0.321 e. The van der Waals surface area contributed by atoms with E-state index in [1.165, 1.54) is 4.90 Å². The zero-order chi connectivity index (χ0) is 16.5. The van der Waals surface area contributed by atoms with E-state index in [1.54, 1.807) is 31.3 Å². The van der Waals surface area contributed by atoms with E-state index >= 15 is 0 Å². The summed E-state index contributed by atoms with van der Waals surface area (Å²) in [6, 6.07) is 6.77. The Balaban J connectivity index is 2.42. The maximum absolute atomic E-state index is 11.8. The lowest BCUT2D eigenvalue weighted by Crippen LogP contribution is -2.33. The summed E-state index contributed by atoms with van der Waals surface area (Å²) in [5.41, 5.74) is 0.642. The van der Waals surface area contributed by atoms with Gasteiger partial charge in [-0.3, -0.25) is 4.79 Å². The molecule has 22 heavy (non-hydrogen) atoms. The van der Waals surface area contributed by atoms with Crippen molar-refractivity contribution in [2.45, 2.75) is 26.7 Å². The van der Waals surface area contributed by atoms with Crippen molar-refractivity contribution in [2.75, 3.05) is 25.5 Å². The molecule has 0 aliphatic carbocycles. The van der Waals surface area contributed by atoms with Gasteiger partial charge in [-0.05, 0) is 36.6 Å². The van der Waals surface area contributed by atoms with Gasteiger partial charge < -0.3 is 20.1 Å². The standard InChI is InChI=1S/C16H24N2O4/c1-12(2)9-11-22-14-6-4-13(5-7-14)17-16(21)18(3)10-8-15(19)20/h4-7,12H,8-11H2,1-3H3,(H,17,21)(H,19,20). The summed E-state index contributed by atoms with van der Waals surface area (Å²) in [6.45, 7) is 5.12. The van der Waals surface area contributed by atoms with Crippen LogP contribution in [0.2, 0.25) is 0 Å². The van der Waals surface area contributed by atoms with Crippen LogP contribution in [0.1, 0.15) is 26.7 Å². The van der Waals surface area contributed by atoms with E-state index in [9.17, 15) is 9.59 Å². The molecule has 0 heterocycles. The second kappa shape index (κ2) is 8.92. The normalized spacial score (nSPS) is 10.4. The Morgan fingerprint density at radius 1 is 1.27 bits per heavy atom. The number of carbonyl (C=O) groups excluding carboxylic acids is 1. The molecule has 0 bridgehead atoms. The van der Waals surface area contributed by atoms with Gasteiger partial charge in [-0.1, -0.05) is 13.8 Å². The van der Waals surface area contributed by atoms with E-state index in [0.717, 1.165) is 12.2 Å². The molecule has 2 N–H and O–H groups in total. The molecular formula is C16H24N2O4. The zero-order valence-corrected chi connectivity index (χ0v) is 13.3. The highest BCUT2D eigenvalue weighted by atomic mass is 16.5. The summed E-state index contributed by atoms with van der Waals surface area (Å²) in [5, 5.41) is 11.3. The minimum absolute atomic E-state index is 0.0768. The number of amides is 2. The topological polar surface area (TPSA) is 78.9 Å². The van der Waals surface area contributed by atoms with E-state index in [1.807, 2.05) is 0 Å². The van der Waals surface area contributed by atoms with Crippen LogP contribution >= 0.6 is 0 Å². The van der Waals surface area contributed by atoms with Crippen molar-refractivity contribution in [3.8, 4) is 5.75 Å². The molecule has 6 heteroatoms. The van der Waals surface area contributed by atoms with Crippen molar-refractivity contribution in [1.29, 1.82) is 0 Å². The van der Waals surface area contributed by atoms with Gasteiger partial charge in [-0.25, -0.2) is 4.79 Å². The van der Waals surface area contributed by atoms with Crippen molar-refractivity contribution in [3.63, 3.8) is 0 Å². The van der Waals surface area contributed by atoms with Gasteiger partial charge in [0.2, 0.25) is 0 Å². The SMILES string of the molecule is CC(C)CCOc1ccc(NC(=O)N(C)CCC(=O)O)cc1. The summed E-state index contributed by atoms with van der Waals surface area (Å²) < 4.78 is 5.60. The molecular weight excluding hydrogens is 284 g/mol. The number of nitrogens with one attached hydrogen (secondary N) is 1. The van der Waals surface area contributed by atoms with Crippen LogP contribution in [-0.4, -0.2) is 42.2 Å². The van der Waals surface area contributed by atoms with Gasteiger partial charge in [-0.15, -0.1) is 0 Å². The van der Waals surface area contributed by atoms with Gasteiger partial charge in [0.15, 0.2) is 0 Å². The number of ether oxygens (including phenoxy) is 1. The summed E-state index contributed by atoms with van der Waals surface area (Å²) in [4.78, 5) is 23.7. The quantitative estimate of drug-likeness (QED) is 0.773. The van der Waals surface area contributed by atoms with Crippen LogP contribution in [0.15, 0.2) is 24.3 Å². The lowest BCUT2D eigenvalue weighted by atomic mass is 10.1. The summed E-state index contributed by atoms with van der Waals surface area (Å²) in [6.07, 6.45) is 0.916. The molecule has 0 spiro atoms. The molecule has 2 amide bonds. The molecule has 0 aliphatic heterocycles. The number of nitrogens with zero attached hydrogens (tertiary/aromatic N) is 1. The van der Waals surface area contributed by atoms with Crippen molar-refractivity contribution in [2.24, 2.45) is 5.92 Å². The molecule has 0 unspecified atom stereocenters. The molecule has 0 aliphatic rings. The molecule has 0 saturated carbocycles. The Labute approximate surface area is 131 Å². The minimum atomic E-state index is -0.928. The van der Waals surface area contributed by atoms with E-state index < -0.39 is 5.97 Å². The average molecular weight is 308 g/mol. The number of benzene rings is 1. The molecule has 0 fully saturated rings. The molecule has 1 aromatic rings. The number of carbonyl (C=O) groups is 2. The average Bonchev–Trinajstić information content (AvgIpc) is 2.46. The van der Waals surface area contributed by atoms with Crippen molar-refractivity contribution in [1.82, 2.24) is 4.90 Å². The summed E-state index contributed by atoms with van der Waals surface area (Å²) in [7, 11) is 1.56. The van der Waals surface area contributed by atoms with Crippen LogP contribution in [0.5, 0.6) is 5.75 Å². The second-order valence-electron chi connectivity index (χ2n) is 5.55. The number of hydrogen-bond donors (Lipinski definition) is 2. The first-order chi connectivity index (χ1) is 10.4. The first-order valence-electron chi connectivity index (χ1n) is 7.35. The Morgan fingerprint density at radius 2 is 1.91 bits per heavy atom. The van der Waals surface area contributed by atoms with E-state index in [0.29, 0.717) is 18.2 Å². The predicted octanol–water partition coefficient (Wildman–Crippen LogP) is 3.05. The number of carboxylic acid groups (broad SMARTS) is 1. The predicted molar refractivity (Wildman–Crippen MR) is 85.3 cm³/mol. The van der Waals surface area contributed by atoms with Crippen LogP contribution < -0.4 is 10.1 Å².